The van der Waals surface area contributed by atoms with E-state index >= 15 is 0 Å². The largest absolute Gasteiger partial charge is 0.381 e. The van der Waals surface area contributed by atoms with E-state index in [-0.39, 0.29) is 30.0 Å². The summed E-state index contributed by atoms with van der Waals surface area (Å²) in [6.45, 7) is 4.98. The standard InChI is InChI=1S/C19H24N6O4/c1-13-3-7-20-16(11-13)22-19(27)15-4-8-23(9-5-15)18(26)6-10-24-12-17(25(28)29)21-14(24)2/h3,7,11-12,15H,4-6,8-10H2,1-2H3,(H,20,22,27). The summed E-state index contributed by atoms with van der Waals surface area (Å²) in [5, 5.41) is 13.6. The Labute approximate surface area is 168 Å². The normalized spacial score (nSPS) is 14.6. The Balaban J connectivity index is 1.46. The molecule has 1 fully saturated rings. The van der Waals surface area contributed by atoms with Gasteiger partial charge in [0.2, 0.25) is 17.6 Å². The fourth-order valence-corrected chi connectivity index (χ4v) is 3.40. The van der Waals surface area contributed by atoms with Crippen molar-refractivity contribution >= 4 is 23.5 Å². The van der Waals surface area contributed by atoms with Crippen molar-refractivity contribution in [1.82, 2.24) is 19.4 Å². The van der Waals surface area contributed by atoms with Crippen LogP contribution in [0.3, 0.4) is 0 Å². The second-order valence-corrected chi connectivity index (χ2v) is 7.21. The smallest absolute Gasteiger partial charge is 0.358 e. The first-order valence-electron chi connectivity index (χ1n) is 9.53. The van der Waals surface area contributed by atoms with E-state index in [1.807, 2.05) is 19.1 Å². The van der Waals surface area contributed by atoms with Gasteiger partial charge >= 0.3 is 5.82 Å². The SMILES string of the molecule is Cc1ccnc(NC(=O)C2CCN(C(=O)CCn3cc([N+](=O)[O-])nc3C)CC2)c1. The third-order valence-electron chi connectivity index (χ3n) is 5.10. The summed E-state index contributed by atoms with van der Waals surface area (Å²) < 4.78 is 1.62. The van der Waals surface area contributed by atoms with Gasteiger partial charge in [-0.3, -0.25) is 9.59 Å². The number of likely N-dealkylation sites (tertiary alicyclic amines) is 1. The van der Waals surface area contributed by atoms with E-state index in [4.69, 9.17) is 0 Å². The summed E-state index contributed by atoms with van der Waals surface area (Å²) in [4.78, 5) is 44.9. The van der Waals surface area contributed by atoms with E-state index < -0.39 is 4.92 Å². The fraction of sp³-hybridized carbons (Fsp3) is 0.474. The number of pyridine rings is 1. The molecule has 0 saturated carbocycles. The van der Waals surface area contributed by atoms with E-state index in [9.17, 15) is 19.7 Å². The van der Waals surface area contributed by atoms with Crippen LogP contribution in [0, 0.1) is 29.9 Å². The topological polar surface area (TPSA) is 123 Å². The van der Waals surface area contributed by atoms with Crippen LogP contribution in [0.5, 0.6) is 0 Å². The van der Waals surface area contributed by atoms with Crippen LogP contribution in [0.4, 0.5) is 11.6 Å². The predicted octanol–water partition coefficient (Wildman–Crippen LogP) is 2.07. The predicted molar refractivity (Wildman–Crippen MR) is 105 cm³/mol. The number of carbonyl (C=O) groups excluding carboxylic acids is 2. The maximum atomic E-state index is 12.5. The first-order valence-corrected chi connectivity index (χ1v) is 9.53. The van der Waals surface area contributed by atoms with Crippen LogP contribution in [0.2, 0.25) is 0 Å². The molecule has 10 heteroatoms. The van der Waals surface area contributed by atoms with Crippen molar-refractivity contribution in [3.8, 4) is 0 Å². The molecule has 154 valence electrons. The molecule has 1 N–H and O–H groups in total. The number of anilines is 1. The molecule has 1 saturated heterocycles. The highest BCUT2D eigenvalue weighted by Crippen LogP contribution is 2.20. The average Bonchev–Trinajstić information content (AvgIpc) is 3.07. The third-order valence-corrected chi connectivity index (χ3v) is 5.10. The number of nitrogens with zero attached hydrogens (tertiary/aromatic N) is 5. The molecule has 2 amide bonds. The second-order valence-electron chi connectivity index (χ2n) is 7.21. The van der Waals surface area contributed by atoms with Gasteiger partial charge in [-0.15, -0.1) is 0 Å². The van der Waals surface area contributed by atoms with Crippen molar-refractivity contribution < 1.29 is 14.5 Å². The molecular formula is C19H24N6O4. The summed E-state index contributed by atoms with van der Waals surface area (Å²) in [5.41, 5.74) is 1.02. The van der Waals surface area contributed by atoms with Crippen LogP contribution in [0.1, 0.15) is 30.7 Å². The number of amides is 2. The Kier molecular flexibility index (Phi) is 6.20. The molecule has 0 radical (unpaired) electrons. The molecule has 0 spiro atoms. The molecule has 0 unspecified atom stereocenters. The summed E-state index contributed by atoms with van der Waals surface area (Å²) in [7, 11) is 0. The maximum Gasteiger partial charge on any atom is 0.381 e. The van der Waals surface area contributed by atoms with Gasteiger partial charge in [-0.1, -0.05) is 0 Å². The monoisotopic (exact) mass is 400 g/mol. The van der Waals surface area contributed by atoms with Crippen LogP contribution < -0.4 is 5.32 Å². The van der Waals surface area contributed by atoms with Crippen molar-refractivity contribution in [2.75, 3.05) is 18.4 Å². The molecule has 2 aromatic heterocycles. The second kappa shape index (κ2) is 8.80. The molecule has 1 aliphatic rings. The highest BCUT2D eigenvalue weighted by Gasteiger charge is 2.27. The molecule has 0 aliphatic carbocycles. The minimum absolute atomic E-state index is 0.0278. The first-order chi connectivity index (χ1) is 13.8. The van der Waals surface area contributed by atoms with Gasteiger partial charge in [0, 0.05) is 45.1 Å². The Morgan fingerprint density at radius 2 is 2.03 bits per heavy atom. The Bertz CT molecular complexity index is 917. The molecule has 1 aliphatic heterocycles. The zero-order chi connectivity index (χ0) is 21.0. The number of piperidine rings is 1. The molecule has 0 atom stereocenters. The maximum absolute atomic E-state index is 12.5. The van der Waals surface area contributed by atoms with E-state index in [0.717, 1.165) is 5.56 Å². The van der Waals surface area contributed by atoms with Gasteiger partial charge in [-0.05, 0) is 47.4 Å². The number of imidazole rings is 1. The van der Waals surface area contributed by atoms with E-state index in [1.165, 1.54) is 6.20 Å². The van der Waals surface area contributed by atoms with Crippen LogP contribution >= 0.6 is 0 Å². The number of hydrogen-bond acceptors (Lipinski definition) is 6. The molecule has 0 bridgehead atoms. The molecule has 3 heterocycles. The minimum Gasteiger partial charge on any atom is -0.358 e. The first kappa shape index (κ1) is 20.4. The van der Waals surface area contributed by atoms with Crippen molar-refractivity contribution in [3.05, 3.63) is 46.0 Å². The van der Waals surface area contributed by atoms with Gasteiger partial charge in [0.25, 0.3) is 0 Å². The third kappa shape index (κ3) is 5.15. The lowest BCUT2D eigenvalue weighted by Gasteiger charge is -2.31. The zero-order valence-corrected chi connectivity index (χ0v) is 16.5. The van der Waals surface area contributed by atoms with Gasteiger partial charge in [-0.25, -0.2) is 4.98 Å². The van der Waals surface area contributed by atoms with Crippen molar-refractivity contribution in [1.29, 1.82) is 0 Å². The number of nitro groups is 1. The lowest BCUT2D eigenvalue weighted by Crippen LogP contribution is -2.41. The lowest BCUT2D eigenvalue weighted by molar-refractivity contribution is -0.389. The molecule has 29 heavy (non-hydrogen) atoms. The fourth-order valence-electron chi connectivity index (χ4n) is 3.40. The molecule has 10 nitrogen and oxygen atoms in total. The molecule has 0 aromatic carbocycles. The molecule has 3 rings (SSSR count). The highest BCUT2D eigenvalue weighted by atomic mass is 16.6. The van der Waals surface area contributed by atoms with Crippen molar-refractivity contribution in [2.45, 2.75) is 39.7 Å². The number of rotatable bonds is 6. The summed E-state index contributed by atoms with van der Waals surface area (Å²) >= 11 is 0. The number of aryl methyl sites for hydroxylation is 3. The number of hydrogen-bond donors (Lipinski definition) is 1. The van der Waals surface area contributed by atoms with Gasteiger partial charge in [0.1, 0.15) is 12.0 Å². The van der Waals surface area contributed by atoms with Crippen LogP contribution in [0.25, 0.3) is 0 Å². The quantitative estimate of drug-likeness (QED) is 0.585. The molecule has 2 aromatic rings. The lowest BCUT2D eigenvalue weighted by atomic mass is 9.95. The highest BCUT2D eigenvalue weighted by molar-refractivity contribution is 5.92. The average molecular weight is 400 g/mol. The van der Waals surface area contributed by atoms with Gasteiger partial charge in [0.15, 0.2) is 0 Å². The van der Waals surface area contributed by atoms with Gasteiger partial charge < -0.3 is 24.9 Å². The van der Waals surface area contributed by atoms with Crippen molar-refractivity contribution in [2.24, 2.45) is 5.92 Å². The number of carbonyl (C=O) groups is 2. The minimum atomic E-state index is -0.548. The van der Waals surface area contributed by atoms with E-state index in [2.05, 4.69) is 15.3 Å². The summed E-state index contributed by atoms with van der Waals surface area (Å²) in [5.74, 6) is 0.573. The zero-order valence-electron chi connectivity index (χ0n) is 16.5. The van der Waals surface area contributed by atoms with Crippen molar-refractivity contribution in [3.63, 3.8) is 0 Å². The van der Waals surface area contributed by atoms with Gasteiger partial charge in [0.05, 0.1) is 0 Å². The number of aromatic nitrogens is 3. The van der Waals surface area contributed by atoms with Crippen LogP contribution in [-0.2, 0) is 16.1 Å². The Hall–Kier alpha value is -3.30. The Morgan fingerprint density at radius 3 is 2.66 bits per heavy atom. The van der Waals surface area contributed by atoms with E-state index in [0.29, 0.717) is 44.1 Å². The molecular weight excluding hydrogens is 376 g/mol. The van der Waals surface area contributed by atoms with Crippen LogP contribution in [0.15, 0.2) is 24.5 Å². The summed E-state index contributed by atoms with van der Waals surface area (Å²) in [6.07, 6.45) is 4.43. The Morgan fingerprint density at radius 1 is 1.31 bits per heavy atom. The summed E-state index contributed by atoms with van der Waals surface area (Å²) in [6, 6.07) is 3.68. The van der Waals surface area contributed by atoms with Crippen LogP contribution in [-0.4, -0.2) is 49.3 Å². The van der Waals surface area contributed by atoms with E-state index in [1.54, 1.807) is 22.6 Å². The number of nitrogens with one attached hydrogen (secondary N) is 1. The van der Waals surface area contributed by atoms with Gasteiger partial charge in [-0.2, -0.15) is 0 Å².